The van der Waals surface area contributed by atoms with Gasteiger partial charge < -0.3 is 10.0 Å². The third-order valence-corrected chi connectivity index (χ3v) is 2.85. The lowest BCUT2D eigenvalue weighted by molar-refractivity contribution is 0.209. The molecule has 1 unspecified atom stereocenters. The Labute approximate surface area is 94.1 Å². The molecule has 1 amide bonds. The summed E-state index contributed by atoms with van der Waals surface area (Å²) in [5.41, 5.74) is 0.503. The van der Waals surface area contributed by atoms with Crippen molar-refractivity contribution in [3.8, 4) is 0 Å². The molecule has 1 aliphatic rings. The fraction of sp³-hybridized carbons (Fsp3) is 0.455. The van der Waals surface area contributed by atoms with Crippen LogP contribution >= 0.6 is 0 Å². The Morgan fingerprint density at radius 1 is 1.62 bits per heavy atom. The number of hydrogen-bond donors (Lipinski definition) is 2. The number of carboxylic acid groups (broad SMARTS) is 1. The van der Waals surface area contributed by atoms with Crippen molar-refractivity contribution in [2.75, 3.05) is 16.8 Å². The molecule has 0 aromatic carbocycles. The smallest absolute Gasteiger partial charge is 0.409 e. The highest BCUT2D eigenvalue weighted by atomic mass is 16.4. The van der Waals surface area contributed by atoms with Crippen LogP contribution in [0.2, 0.25) is 0 Å². The Hall–Kier alpha value is -1.78. The van der Waals surface area contributed by atoms with Crippen LogP contribution in [0.3, 0.4) is 0 Å². The quantitative estimate of drug-likeness (QED) is 0.803. The molecule has 1 aliphatic heterocycles. The number of nitrogens with zero attached hydrogens (tertiary/aromatic N) is 2. The zero-order valence-corrected chi connectivity index (χ0v) is 9.18. The Morgan fingerprint density at radius 3 is 2.94 bits per heavy atom. The van der Waals surface area contributed by atoms with Crippen LogP contribution < -0.4 is 10.2 Å². The van der Waals surface area contributed by atoms with Gasteiger partial charge >= 0.3 is 6.09 Å². The highest BCUT2D eigenvalue weighted by Gasteiger charge is 2.21. The van der Waals surface area contributed by atoms with Crippen LogP contribution in [-0.4, -0.2) is 28.8 Å². The minimum atomic E-state index is -1.07. The maximum absolute atomic E-state index is 10.4. The van der Waals surface area contributed by atoms with E-state index in [-0.39, 0.29) is 0 Å². The predicted molar refractivity (Wildman–Crippen MR) is 61.9 cm³/mol. The molecule has 2 N–H and O–H groups in total. The van der Waals surface area contributed by atoms with E-state index in [1.807, 2.05) is 6.07 Å². The molecule has 0 aliphatic carbocycles. The molecule has 0 radical (unpaired) electrons. The molecule has 16 heavy (non-hydrogen) atoms. The monoisotopic (exact) mass is 221 g/mol. The molecule has 86 valence electrons. The van der Waals surface area contributed by atoms with Crippen molar-refractivity contribution < 1.29 is 9.90 Å². The largest absolute Gasteiger partial charge is 0.465 e. The molecule has 2 heterocycles. The summed E-state index contributed by atoms with van der Waals surface area (Å²) in [6, 6.07) is 4.11. The Morgan fingerprint density at radius 2 is 2.44 bits per heavy atom. The molecular weight excluding hydrogens is 206 g/mol. The van der Waals surface area contributed by atoms with Gasteiger partial charge in [-0.15, -0.1) is 0 Å². The summed E-state index contributed by atoms with van der Waals surface area (Å²) in [5.74, 6) is 0.918. The van der Waals surface area contributed by atoms with Crippen LogP contribution in [0.25, 0.3) is 0 Å². The Kier molecular flexibility index (Phi) is 2.94. The van der Waals surface area contributed by atoms with Crippen molar-refractivity contribution in [1.29, 1.82) is 0 Å². The minimum absolute atomic E-state index is 0.503. The summed E-state index contributed by atoms with van der Waals surface area (Å²) < 4.78 is 0. The van der Waals surface area contributed by atoms with Crippen LogP contribution in [0.15, 0.2) is 18.3 Å². The zero-order chi connectivity index (χ0) is 11.5. The lowest BCUT2D eigenvalue weighted by Crippen LogP contribution is -2.27. The molecule has 0 saturated carbocycles. The molecule has 1 aromatic rings. The summed E-state index contributed by atoms with van der Waals surface area (Å²) in [6.45, 7) is 3.21. The molecule has 0 bridgehead atoms. The zero-order valence-electron chi connectivity index (χ0n) is 9.18. The molecule has 1 fully saturated rings. The summed E-state index contributed by atoms with van der Waals surface area (Å²) in [7, 11) is 0. The van der Waals surface area contributed by atoms with Crippen LogP contribution in [0.1, 0.15) is 19.8 Å². The number of rotatable bonds is 2. The second-order valence-corrected chi connectivity index (χ2v) is 4.02. The van der Waals surface area contributed by atoms with Gasteiger partial charge in [0, 0.05) is 12.6 Å². The second-order valence-electron chi connectivity index (χ2n) is 4.02. The van der Waals surface area contributed by atoms with E-state index in [9.17, 15) is 4.79 Å². The van der Waals surface area contributed by atoms with E-state index in [1.165, 1.54) is 12.8 Å². The molecule has 0 spiro atoms. The van der Waals surface area contributed by atoms with Crippen LogP contribution in [0, 0.1) is 0 Å². The van der Waals surface area contributed by atoms with Gasteiger partial charge in [-0.1, -0.05) is 0 Å². The van der Waals surface area contributed by atoms with E-state index in [0.29, 0.717) is 11.7 Å². The normalized spacial score (nSPS) is 19.8. The molecule has 1 aromatic heterocycles. The van der Waals surface area contributed by atoms with Crippen molar-refractivity contribution in [3.63, 3.8) is 0 Å². The lowest BCUT2D eigenvalue weighted by Gasteiger charge is -2.22. The van der Waals surface area contributed by atoms with Gasteiger partial charge in [0.05, 0.1) is 11.9 Å². The Bertz CT molecular complexity index is 377. The number of aromatic nitrogens is 1. The molecular formula is C11H15N3O2. The predicted octanol–water partition coefficient (Wildman–Crippen LogP) is 2.16. The van der Waals surface area contributed by atoms with Gasteiger partial charge in [0.2, 0.25) is 0 Å². The van der Waals surface area contributed by atoms with Gasteiger partial charge in [-0.2, -0.15) is 0 Å². The molecule has 5 heteroatoms. The second kappa shape index (κ2) is 4.38. The van der Waals surface area contributed by atoms with Crippen LogP contribution in [0.5, 0.6) is 0 Å². The molecule has 1 atom stereocenters. The van der Waals surface area contributed by atoms with E-state index in [1.54, 1.807) is 12.3 Å². The van der Waals surface area contributed by atoms with Gasteiger partial charge in [0.1, 0.15) is 5.82 Å². The van der Waals surface area contributed by atoms with Crippen molar-refractivity contribution in [2.45, 2.75) is 25.8 Å². The summed E-state index contributed by atoms with van der Waals surface area (Å²) in [5, 5.41) is 10.8. The lowest BCUT2D eigenvalue weighted by atomic mass is 10.2. The molecule has 2 rings (SSSR count). The topological polar surface area (TPSA) is 65.5 Å². The van der Waals surface area contributed by atoms with E-state index < -0.39 is 6.09 Å². The first kappa shape index (κ1) is 10.7. The third kappa shape index (κ3) is 2.24. The minimum Gasteiger partial charge on any atom is -0.465 e. The number of pyridine rings is 1. The van der Waals surface area contributed by atoms with Crippen molar-refractivity contribution in [2.24, 2.45) is 0 Å². The van der Waals surface area contributed by atoms with E-state index in [0.717, 1.165) is 12.4 Å². The summed E-state index contributed by atoms with van der Waals surface area (Å²) in [4.78, 5) is 16.9. The first-order valence-electron chi connectivity index (χ1n) is 5.39. The van der Waals surface area contributed by atoms with Gasteiger partial charge in [-0.25, -0.2) is 9.78 Å². The van der Waals surface area contributed by atoms with Crippen LogP contribution in [0.4, 0.5) is 16.3 Å². The maximum atomic E-state index is 10.4. The van der Waals surface area contributed by atoms with Crippen LogP contribution in [-0.2, 0) is 0 Å². The molecule has 5 nitrogen and oxygen atoms in total. The number of carbonyl (C=O) groups is 1. The van der Waals surface area contributed by atoms with Gasteiger partial charge in [-0.3, -0.25) is 5.32 Å². The number of anilines is 2. The van der Waals surface area contributed by atoms with Gasteiger partial charge in [0.15, 0.2) is 0 Å². The average molecular weight is 221 g/mol. The fourth-order valence-corrected chi connectivity index (χ4v) is 2.03. The SMILES string of the molecule is CC1CCCN1c1ccc(NC(=O)O)cn1. The van der Waals surface area contributed by atoms with Crippen molar-refractivity contribution in [1.82, 2.24) is 4.98 Å². The Balaban J connectivity index is 2.09. The maximum Gasteiger partial charge on any atom is 0.409 e. The highest BCUT2D eigenvalue weighted by molar-refractivity contribution is 5.82. The highest BCUT2D eigenvalue weighted by Crippen LogP contribution is 2.23. The number of amides is 1. The average Bonchev–Trinajstić information content (AvgIpc) is 2.65. The van der Waals surface area contributed by atoms with Crippen molar-refractivity contribution >= 4 is 17.6 Å². The fourth-order valence-electron chi connectivity index (χ4n) is 2.03. The number of nitrogens with one attached hydrogen (secondary N) is 1. The van der Waals surface area contributed by atoms with E-state index in [2.05, 4.69) is 22.1 Å². The first-order chi connectivity index (χ1) is 7.66. The molecule has 1 saturated heterocycles. The van der Waals surface area contributed by atoms with Gasteiger partial charge in [0.25, 0.3) is 0 Å². The standard InChI is InChI=1S/C11H15N3O2/c1-8-3-2-6-14(8)10-5-4-9(7-12-10)13-11(15)16/h4-5,7-8,13H,2-3,6H2,1H3,(H,15,16). The van der Waals surface area contributed by atoms with Crippen molar-refractivity contribution in [3.05, 3.63) is 18.3 Å². The third-order valence-electron chi connectivity index (χ3n) is 2.85. The van der Waals surface area contributed by atoms with E-state index >= 15 is 0 Å². The van der Waals surface area contributed by atoms with E-state index in [4.69, 9.17) is 5.11 Å². The number of hydrogen-bond acceptors (Lipinski definition) is 3. The summed E-state index contributed by atoms with van der Waals surface area (Å²) in [6.07, 6.45) is 2.87. The summed E-state index contributed by atoms with van der Waals surface area (Å²) >= 11 is 0. The first-order valence-corrected chi connectivity index (χ1v) is 5.39. The van der Waals surface area contributed by atoms with Gasteiger partial charge in [-0.05, 0) is 31.9 Å².